The molecule has 2 atom stereocenters. The third-order valence-electron chi connectivity index (χ3n) is 3.49. The lowest BCUT2D eigenvalue weighted by Gasteiger charge is -2.34. The first-order valence-corrected chi connectivity index (χ1v) is 7.05. The molecule has 1 aromatic heterocycles. The van der Waals surface area contributed by atoms with Gasteiger partial charge in [0.15, 0.2) is 5.76 Å². The number of nitrogens with zero attached hydrogens (tertiary/aromatic N) is 2. The summed E-state index contributed by atoms with van der Waals surface area (Å²) in [5.41, 5.74) is 1.00. The van der Waals surface area contributed by atoms with Gasteiger partial charge >= 0.3 is 0 Å². The normalized spacial score (nSPS) is 25.5. The second-order valence-corrected chi connectivity index (χ2v) is 5.71. The van der Waals surface area contributed by atoms with Gasteiger partial charge in [-0.25, -0.2) is 0 Å². The summed E-state index contributed by atoms with van der Waals surface area (Å²) in [6, 6.07) is 2.08. The Bertz CT molecular complexity index is 354. The van der Waals surface area contributed by atoms with Crippen LogP contribution in [-0.2, 0) is 13.1 Å². The minimum atomic E-state index is 0.790. The minimum Gasteiger partial charge on any atom is -0.360 e. The molecule has 1 N–H and O–H groups in total. The number of rotatable bonds is 5. The van der Waals surface area contributed by atoms with E-state index >= 15 is 0 Å². The molecule has 1 fully saturated rings. The average Bonchev–Trinajstić information content (AvgIpc) is 2.72. The molecular weight excluding hydrogens is 226 g/mol. The van der Waals surface area contributed by atoms with E-state index in [9.17, 15) is 0 Å². The van der Waals surface area contributed by atoms with Gasteiger partial charge in [0.25, 0.3) is 0 Å². The van der Waals surface area contributed by atoms with Gasteiger partial charge in [-0.2, -0.15) is 0 Å². The molecule has 0 aromatic carbocycles. The van der Waals surface area contributed by atoms with Gasteiger partial charge in [-0.05, 0) is 24.8 Å². The highest BCUT2D eigenvalue weighted by Crippen LogP contribution is 2.22. The molecule has 0 saturated carbocycles. The van der Waals surface area contributed by atoms with Crippen LogP contribution in [0.3, 0.4) is 0 Å². The quantitative estimate of drug-likeness (QED) is 0.871. The van der Waals surface area contributed by atoms with E-state index < -0.39 is 0 Å². The molecule has 4 heteroatoms. The predicted molar refractivity (Wildman–Crippen MR) is 72.1 cm³/mol. The first-order chi connectivity index (χ1) is 8.67. The number of hydrogen-bond donors (Lipinski definition) is 1. The molecule has 4 nitrogen and oxygen atoms in total. The van der Waals surface area contributed by atoms with Crippen molar-refractivity contribution in [2.24, 2.45) is 11.8 Å². The van der Waals surface area contributed by atoms with Gasteiger partial charge in [0.1, 0.15) is 0 Å². The number of hydrogen-bond acceptors (Lipinski definition) is 4. The van der Waals surface area contributed by atoms with Crippen LogP contribution in [0.25, 0.3) is 0 Å². The highest BCUT2D eigenvalue weighted by molar-refractivity contribution is 5.05. The fourth-order valence-electron chi connectivity index (χ4n) is 2.91. The van der Waals surface area contributed by atoms with Gasteiger partial charge in [0.05, 0.1) is 12.2 Å². The maximum atomic E-state index is 5.40. The van der Waals surface area contributed by atoms with Crippen molar-refractivity contribution in [3.8, 4) is 0 Å². The highest BCUT2D eigenvalue weighted by atomic mass is 16.5. The molecule has 0 radical (unpaired) electrons. The third-order valence-corrected chi connectivity index (χ3v) is 3.49. The summed E-state index contributed by atoms with van der Waals surface area (Å²) in [6.45, 7) is 11.8. The van der Waals surface area contributed by atoms with Crippen LogP contribution in [0.1, 0.15) is 38.6 Å². The first-order valence-electron chi connectivity index (χ1n) is 7.05. The number of nitrogens with one attached hydrogen (secondary N) is 1. The van der Waals surface area contributed by atoms with Gasteiger partial charge in [0.2, 0.25) is 0 Å². The summed E-state index contributed by atoms with van der Waals surface area (Å²) in [4.78, 5) is 2.48. The van der Waals surface area contributed by atoms with E-state index in [1.807, 2.05) is 0 Å². The van der Waals surface area contributed by atoms with Crippen molar-refractivity contribution in [1.29, 1.82) is 0 Å². The van der Waals surface area contributed by atoms with Crippen molar-refractivity contribution < 1.29 is 4.52 Å². The van der Waals surface area contributed by atoms with Crippen molar-refractivity contribution in [1.82, 2.24) is 15.4 Å². The molecule has 0 bridgehead atoms. The summed E-state index contributed by atoms with van der Waals surface area (Å²) in [5, 5.41) is 7.35. The summed E-state index contributed by atoms with van der Waals surface area (Å²) in [6.07, 6.45) is 1.35. The van der Waals surface area contributed by atoms with Crippen LogP contribution in [0.2, 0.25) is 0 Å². The zero-order valence-electron chi connectivity index (χ0n) is 11.8. The maximum Gasteiger partial charge on any atom is 0.151 e. The van der Waals surface area contributed by atoms with E-state index in [1.165, 1.54) is 19.5 Å². The zero-order chi connectivity index (χ0) is 13.0. The molecule has 2 rings (SSSR count). The predicted octanol–water partition coefficient (Wildman–Crippen LogP) is 2.26. The molecule has 1 saturated heterocycles. The topological polar surface area (TPSA) is 41.3 Å². The van der Waals surface area contributed by atoms with Crippen molar-refractivity contribution in [2.45, 2.75) is 40.3 Å². The van der Waals surface area contributed by atoms with Gasteiger partial charge in [-0.15, -0.1) is 0 Å². The Morgan fingerprint density at radius 1 is 1.39 bits per heavy atom. The van der Waals surface area contributed by atoms with E-state index in [0.717, 1.165) is 42.9 Å². The minimum absolute atomic E-state index is 0.790. The molecule has 102 valence electrons. The summed E-state index contributed by atoms with van der Waals surface area (Å²) < 4.78 is 5.40. The summed E-state index contributed by atoms with van der Waals surface area (Å²) >= 11 is 0. The van der Waals surface area contributed by atoms with Crippen molar-refractivity contribution in [2.75, 3.05) is 19.6 Å². The van der Waals surface area contributed by atoms with E-state index in [2.05, 4.69) is 42.2 Å². The monoisotopic (exact) mass is 251 g/mol. The lowest BCUT2D eigenvalue weighted by Crippen LogP contribution is -2.37. The number of piperidine rings is 1. The Morgan fingerprint density at radius 3 is 2.78 bits per heavy atom. The SMILES string of the molecule is CCNCc1cc(CN2CC(C)CC(C)C2)on1. The highest BCUT2D eigenvalue weighted by Gasteiger charge is 2.22. The summed E-state index contributed by atoms with van der Waals surface area (Å²) in [5.74, 6) is 2.57. The van der Waals surface area contributed by atoms with Gasteiger partial charge in [-0.3, -0.25) is 4.90 Å². The number of aromatic nitrogens is 1. The smallest absolute Gasteiger partial charge is 0.151 e. The Balaban J connectivity index is 1.86. The average molecular weight is 251 g/mol. The molecule has 0 amide bonds. The molecule has 18 heavy (non-hydrogen) atoms. The Kier molecular flexibility index (Phi) is 4.78. The van der Waals surface area contributed by atoms with E-state index in [-0.39, 0.29) is 0 Å². The second-order valence-electron chi connectivity index (χ2n) is 5.71. The fourth-order valence-corrected chi connectivity index (χ4v) is 2.91. The molecule has 0 aliphatic carbocycles. The third kappa shape index (κ3) is 3.82. The van der Waals surface area contributed by atoms with Gasteiger partial charge in [-0.1, -0.05) is 25.9 Å². The zero-order valence-corrected chi connectivity index (χ0v) is 11.8. The standard InChI is InChI=1S/C14H25N3O/c1-4-15-7-13-6-14(18-16-13)10-17-8-11(2)5-12(3)9-17/h6,11-12,15H,4-5,7-10H2,1-3H3. The van der Waals surface area contributed by atoms with E-state index in [1.54, 1.807) is 0 Å². The summed E-state index contributed by atoms with van der Waals surface area (Å²) in [7, 11) is 0. The lowest BCUT2D eigenvalue weighted by atomic mass is 9.92. The molecule has 1 aliphatic rings. The maximum absolute atomic E-state index is 5.40. The van der Waals surface area contributed by atoms with Crippen LogP contribution in [0.15, 0.2) is 10.6 Å². The van der Waals surface area contributed by atoms with Crippen molar-refractivity contribution in [3.63, 3.8) is 0 Å². The second kappa shape index (κ2) is 6.34. The molecule has 2 unspecified atom stereocenters. The Hall–Kier alpha value is -0.870. The molecular formula is C14H25N3O. The van der Waals surface area contributed by atoms with Crippen molar-refractivity contribution >= 4 is 0 Å². The Morgan fingerprint density at radius 2 is 2.11 bits per heavy atom. The largest absolute Gasteiger partial charge is 0.360 e. The van der Waals surface area contributed by atoms with E-state index in [4.69, 9.17) is 4.52 Å². The van der Waals surface area contributed by atoms with Crippen LogP contribution in [0, 0.1) is 11.8 Å². The van der Waals surface area contributed by atoms with Crippen LogP contribution in [-0.4, -0.2) is 29.7 Å². The lowest BCUT2D eigenvalue weighted by molar-refractivity contribution is 0.123. The molecule has 1 aromatic rings. The van der Waals surface area contributed by atoms with Crippen LogP contribution >= 0.6 is 0 Å². The van der Waals surface area contributed by atoms with E-state index in [0.29, 0.717) is 0 Å². The van der Waals surface area contributed by atoms with Crippen LogP contribution in [0.4, 0.5) is 0 Å². The number of likely N-dealkylation sites (tertiary alicyclic amines) is 1. The fraction of sp³-hybridized carbons (Fsp3) is 0.786. The van der Waals surface area contributed by atoms with Gasteiger partial charge in [0, 0.05) is 25.7 Å². The molecule has 2 heterocycles. The Labute approximate surface area is 110 Å². The van der Waals surface area contributed by atoms with Crippen LogP contribution < -0.4 is 5.32 Å². The van der Waals surface area contributed by atoms with Gasteiger partial charge < -0.3 is 9.84 Å². The first kappa shape index (κ1) is 13.6. The van der Waals surface area contributed by atoms with Crippen LogP contribution in [0.5, 0.6) is 0 Å². The molecule has 0 spiro atoms. The molecule has 1 aliphatic heterocycles. The van der Waals surface area contributed by atoms with Crippen molar-refractivity contribution in [3.05, 3.63) is 17.5 Å².